The van der Waals surface area contributed by atoms with Gasteiger partial charge in [0.05, 0.1) is 35.2 Å². The summed E-state index contributed by atoms with van der Waals surface area (Å²) in [7, 11) is 3.33. The predicted molar refractivity (Wildman–Crippen MR) is 110 cm³/mol. The van der Waals surface area contributed by atoms with E-state index in [1.54, 1.807) is 38.1 Å². The maximum Gasteiger partial charge on any atom is 0.416 e. The molecule has 1 aromatic heterocycles. The summed E-state index contributed by atoms with van der Waals surface area (Å²) in [6.07, 6.45) is -0.828. The van der Waals surface area contributed by atoms with Crippen LogP contribution in [0.25, 0.3) is 0 Å². The summed E-state index contributed by atoms with van der Waals surface area (Å²) in [6, 6.07) is 4.01. The molecule has 166 valence electrons. The van der Waals surface area contributed by atoms with Gasteiger partial charge in [-0.1, -0.05) is 12.1 Å². The standard InChI is InChI=1S/C20H23F3N6O2/c1-12(13-4-6-15(7-5-13)20(21,22)23)27-19(16(10-30)17(24)11-31)28-18(25-2)14-8-26-29(3)9-14/h4-10,12,24,27,31H,11H2,1-3H3,(H,25,28)/b19-16+,24-17?. The Hall–Kier alpha value is -3.47. The third kappa shape index (κ3) is 6.01. The highest BCUT2D eigenvalue weighted by molar-refractivity contribution is 6.14. The maximum atomic E-state index is 12.8. The average Bonchev–Trinajstić information content (AvgIpc) is 3.17. The average molecular weight is 436 g/mol. The van der Waals surface area contributed by atoms with Gasteiger partial charge < -0.3 is 21.1 Å². The molecule has 8 nitrogen and oxygen atoms in total. The van der Waals surface area contributed by atoms with Crippen molar-refractivity contribution in [2.45, 2.75) is 19.1 Å². The Morgan fingerprint density at radius 2 is 2.00 bits per heavy atom. The molecule has 1 aromatic carbocycles. The van der Waals surface area contributed by atoms with Crippen LogP contribution in [0.5, 0.6) is 0 Å². The van der Waals surface area contributed by atoms with Crippen LogP contribution in [-0.2, 0) is 18.0 Å². The molecule has 0 aliphatic heterocycles. The number of amidine groups is 1. The summed E-state index contributed by atoms with van der Waals surface area (Å²) in [5.41, 5.74) is -0.205. The van der Waals surface area contributed by atoms with Gasteiger partial charge in [0.15, 0.2) is 6.29 Å². The largest absolute Gasteiger partial charge is 0.416 e. The second-order valence-corrected chi connectivity index (χ2v) is 6.62. The number of rotatable bonds is 8. The second kappa shape index (κ2) is 10.0. The summed E-state index contributed by atoms with van der Waals surface area (Å²) in [5.74, 6) is 0.315. The van der Waals surface area contributed by atoms with E-state index in [0.717, 1.165) is 12.1 Å². The van der Waals surface area contributed by atoms with Gasteiger partial charge in [0.1, 0.15) is 11.7 Å². The van der Waals surface area contributed by atoms with Crippen molar-refractivity contribution in [3.63, 3.8) is 0 Å². The molecule has 0 aliphatic rings. The fourth-order valence-corrected chi connectivity index (χ4v) is 2.69. The molecule has 31 heavy (non-hydrogen) atoms. The Morgan fingerprint density at radius 3 is 2.45 bits per heavy atom. The molecule has 1 atom stereocenters. The molecule has 11 heteroatoms. The molecule has 0 saturated carbocycles. The molecule has 0 saturated heterocycles. The number of aliphatic hydroxyl groups is 1. The van der Waals surface area contributed by atoms with E-state index in [2.05, 4.69) is 20.7 Å². The molecule has 4 N–H and O–H groups in total. The number of aryl methyl sites for hydroxylation is 1. The Kier molecular flexibility index (Phi) is 7.70. The van der Waals surface area contributed by atoms with Crippen LogP contribution >= 0.6 is 0 Å². The van der Waals surface area contributed by atoms with Gasteiger partial charge >= 0.3 is 6.18 Å². The summed E-state index contributed by atoms with van der Waals surface area (Å²) in [4.78, 5) is 16.0. The molecule has 0 amide bonds. The normalized spacial score (nSPS) is 14.0. The number of nitrogens with zero attached hydrogens (tertiary/aromatic N) is 3. The molecule has 0 radical (unpaired) electrons. The molecule has 1 unspecified atom stereocenters. The Labute approximate surface area is 177 Å². The lowest BCUT2D eigenvalue weighted by Gasteiger charge is -2.19. The van der Waals surface area contributed by atoms with Gasteiger partial charge in [0.25, 0.3) is 0 Å². The number of hydrogen-bond donors (Lipinski definition) is 4. The number of benzene rings is 1. The zero-order valence-corrected chi connectivity index (χ0v) is 17.2. The van der Waals surface area contributed by atoms with Crippen LogP contribution in [0.3, 0.4) is 0 Å². The van der Waals surface area contributed by atoms with Gasteiger partial charge in [-0.15, -0.1) is 0 Å². The van der Waals surface area contributed by atoms with Crippen LogP contribution in [0.1, 0.15) is 29.7 Å². The maximum absolute atomic E-state index is 12.8. The molecular formula is C20H23F3N6O2. The third-order valence-corrected chi connectivity index (χ3v) is 4.39. The molecule has 2 aromatic rings. The lowest BCUT2D eigenvalue weighted by molar-refractivity contribution is -0.137. The van der Waals surface area contributed by atoms with Crippen molar-refractivity contribution in [1.82, 2.24) is 20.4 Å². The highest BCUT2D eigenvalue weighted by Crippen LogP contribution is 2.30. The lowest BCUT2D eigenvalue weighted by Crippen LogP contribution is -2.26. The highest BCUT2D eigenvalue weighted by Gasteiger charge is 2.30. The van der Waals surface area contributed by atoms with Crippen LogP contribution in [0.15, 0.2) is 53.0 Å². The highest BCUT2D eigenvalue weighted by atomic mass is 19.4. The van der Waals surface area contributed by atoms with E-state index in [0.29, 0.717) is 23.2 Å². The topological polar surface area (TPSA) is 115 Å². The molecule has 1 heterocycles. The second-order valence-electron chi connectivity index (χ2n) is 6.62. The number of aromatic nitrogens is 2. The first-order chi connectivity index (χ1) is 14.6. The van der Waals surface area contributed by atoms with E-state index in [1.807, 2.05) is 0 Å². The van der Waals surface area contributed by atoms with Gasteiger partial charge in [-0.3, -0.25) is 9.48 Å². The van der Waals surface area contributed by atoms with Crippen molar-refractivity contribution in [3.05, 3.63) is 64.7 Å². The summed E-state index contributed by atoms with van der Waals surface area (Å²) < 4.78 is 40.0. The zero-order chi connectivity index (χ0) is 23.2. The van der Waals surface area contributed by atoms with Crippen LogP contribution in [-0.4, -0.2) is 46.4 Å². The quantitative estimate of drug-likeness (QED) is 0.219. The molecule has 0 aliphatic carbocycles. The first kappa shape index (κ1) is 23.8. The number of nitrogens with one attached hydrogen (secondary N) is 3. The number of aldehydes is 1. The van der Waals surface area contributed by atoms with Gasteiger partial charge in [-0.05, 0) is 24.6 Å². The Bertz CT molecular complexity index is 993. The molecule has 2 rings (SSSR count). The smallest absolute Gasteiger partial charge is 0.390 e. The predicted octanol–water partition coefficient (Wildman–Crippen LogP) is 2.18. The van der Waals surface area contributed by atoms with Crippen LogP contribution in [0, 0.1) is 5.41 Å². The fraction of sp³-hybridized carbons (Fsp3) is 0.300. The van der Waals surface area contributed by atoms with Crippen LogP contribution in [0.2, 0.25) is 0 Å². The van der Waals surface area contributed by atoms with Crippen molar-refractivity contribution < 1.29 is 23.1 Å². The number of halogens is 3. The SMILES string of the molecule is CN/C(=N\C(NC(C)c1ccc(C(F)(F)F)cc1)=C(/C=O)C(=N)CO)c1cnn(C)c1. The molecule has 0 spiro atoms. The fourth-order valence-electron chi connectivity index (χ4n) is 2.69. The summed E-state index contributed by atoms with van der Waals surface area (Å²) in [6.45, 7) is 0.984. The Morgan fingerprint density at radius 1 is 1.35 bits per heavy atom. The monoisotopic (exact) mass is 436 g/mol. The number of aliphatic hydroxyl groups excluding tert-OH is 1. The summed E-state index contributed by atoms with van der Waals surface area (Å²) in [5, 5.41) is 27.1. The van der Waals surface area contributed by atoms with Crippen molar-refractivity contribution in [3.8, 4) is 0 Å². The third-order valence-electron chi connectivity index (χ3n) is 4.39. The van der Waals surface area contributed by atoms with E-state index < -0.39 is 24.4 Å². The van der Waals surface area contributed by atoms with Crippen molar-refractivity contribution >= 4 is 17.8 Å². The van der Waals surface area contributed by atoms with Crippen molar-refractivity contribution in [2.75, 3.05) is 13.7 Å². The minimum atomic E-state index is -4.45. The van der Waals surface area contributed by atoms with E-state index in [4.69, 9.17) is 5.41 Å². The van der Waals surface area contributed by atoms with Gasteiger partial charge in [-0.2, -0.15) is 18.3 Å². The lowest BCUT2D eigenvalue weighted by atomic mass is 10.1. The first-order valence-corrected chi connectivity index (χ1v) is 9.18. The van der Waals surface area contributed by atoms with Gasteiger partial charge in [0.2, 0.25) is 0 Å². The van der Waals surface area contributed by atoms with Crippen LogP contribution < -0.4 is 10.6 Å². The van der Waals surface area contributed by atoms with Gasteiger partial charge in [-0.25, -0.2) is 4.99 Å². The molecule has 0 fully saturated rings. The number of carbonyl (C=O) groups excluding carboxylic acids is 1. The van der Waals surface area contributed by atoms with E-state index in [9.17, 15) is 23.1 Å². The zero-order valence-electron chi connectivity index (χ0n) is 17.2. The number of carbonyl (C=O) groups is 1. The van der Waals surface area contributed by atoms with Crippen molar-refractivity contribution in [1.29, 1.82) is 5.41 Å². The van der Waals surface area contributed by atoms with E-state index >= 15 is 0 Å². The minimum Gasteiger partial charge on any atom is -0.390 e. The Balaban J connectivity index is 2.46. The molecule has 0 bridgehead atoms. The molecular weight excluding hydrogens is 413 g/mol. The minimum absolute atomic E-state index is 0.0188. The number of aliphatic imine (C=N–C) groups is 1. The number of alkyl halides is 3. The number of hydrogen-bond acceptors (Lipinski definition) is 6. The van der Waals surface area contributed by atoms with E-state index in [-0.39, 0.29) is 17.1 Å². The summed E-state index contributed by atoms with van der Waals surface area (Å²) >= 11 is 0. The van der Waals surface area contributed by atoms with Crippen LogP contribution in [0.4, 0.5) is 13.2 Å². The first-order valence-electron chi connectivity index (χ1n) is 9.18. The van der Waals surface area contributed by atoms with Crippen molar-refractivity contribution in [2.24, 2.45) is 12.0 Å². The van der Waals surface area contributed by atoms with Gasteiger partial charge in [0, 0.05) is 26.3 Å². The van der Waals surface area contributed by atoms with E-state index in [1.165, 1.54) is 12.1 Å².